The van der Waals surface area contributed by atoms with Gasteiger partial charge in [0, 0.05) is 19.0 Å². The van der Waals surface area contributed by atoms with Gasteiger partial charge in [-0.05, 0) is 19.8 Å². The van der Waals surface area contributed by atoms with Crippen LogP contribution in [0, 0.1) is 0 Å². The first-order valence-electron chi connectivity index (χ1n) is 6.24. The third-order valence-electron chi connectivity index (χ3n) is 3.05. The lowest BCUT2D eigenvalue weighted by molar-refractivity contribution is -0.117. The molecule has 1 heterocycles. The molecule has 0 aromatic heterocycles. The van der Waals surface area contributed by atoms with Gasteiger partial charge in [0.1, 0.15) is 5.78 Å². The van der Waals surface area contributed by atoms with Gasteiger partial charge in [0.15, 0.2) is 0 Å². The second-order valence-electron chi connectivity index (χ2n) is 4.62. The highest BCUT2D eigenvalue weighted by Crippen LogP contribution is 2.22. The van der Waals surface area contributed by atoms with Crippen molar-refractivity contribution in [2.75, 3.05) is 13.7 Å². The van der Waals surface area contributed by atoms with E-state index in [1.165, 1.54) is 11.2 Å². The third-order valence-corrected chi connectivity index (χ3v) is 4.58. The molecule has 110 valence electrons. The van der Waals surface area contributed by atoms with Gasteiger partial charge >= 0.3 is 16.3 Å². The van der Waals surface area contributed by atoms with Crippen LogP contribution in [0.4, 0.5) is 4.79 Å². The van der Waals surface area contributed by atoms with Crippen LogP contribution < -0.4 is 4.72 Å². The molecule has 1 amide bonds. The molecule has 0 aliphatic carbocycles. The molecule has 19 heavy (non-hydrogen) atoms. The van der Waals surface area contributed by atoms with Crippen molar-refractivity contribution in [2.45, 2.75) is 45.1 Å². The summed E-state index contributed by atoms with van der Waals surface area (Å²) in [5.41, 5.74) is 0. The summed E-state index contributed by atoms with van der Waals surface area (Å²) in [6, 6.07) is -0.387. The molecule has 0 saturated carbocycles. The SMILES string of the molecule is COC(=O)NS(=O)(=O)N1CCCCCC1CC(C)=O. The Hall–Kier alpha value is -1.15. The predicted molar refractivity (Wildman–Crippen MR) is 68.7 cm³/mol. The van der Waals surface area contributed by atoms with E-state index in [1.54, 1.807) is 0 Å². The molecule has 7 nitrogen and oxygen atoms in total. The molecule has 1 aliphatic rings. The van der Waals surface area contributed by atoms with Gasteiger partial charge in [-0.25, -0.2) is 9.52 Å². The van der Waals surface area contributed by atoms with Crippen LogP contribution in [0.15, 0.2) is 0 Å². The topological polar surface area (TPSA) is 92.8 Å². The minimum absolute atomic E-state index is 0.0647. The van der Waals surface area contributed by atoms with Crippen molar-refractivity contribution < 1.29 is 22.7 Å². The number of ketones is 1. The minimum atomic E-state index is -3.96. The first-order chi connectivity index (χ1) is 8.86. The van der Waals surface area contributed by atoms with Crippen molar-refractivity contribution in [1.82, 2.24) is 9.03 Å². The quantitative estimate of drug-likeness (QED) is 0.827. The number of amides is 1. The third kappa shape index (κ3) is 4.79. The van der Waals surface area contributed by atoms with Gasteiger partial charge in [-0.15, -0.1) is 0 Å². The zero-order valence-corrected chi connectivity index (χ0v) is 12.0. The molecule has 1 fully saturated rings. The Morgan fingerprint density at radius 1 is 1.32 bits per heavy atom. The Kier molecular flexibility index (Phi) is 5.74. The largest absolute Gasteiger partial charge is 0.452 e. The Labute approximate surface area is 113 Å². The lowest BCUT2D eigenvalue weighted by Gasteiger charge is -2.27. The van der Waals surface area contributed by atoms with Crippen LogP contribution in [0.5, 0.6) is 0 Å². The molecular formula is C11H20N2O5S. The molecule has 0 aromatic rings. The van der Waals surface area contributed by atoms with E-state index in [4.69, 9.17) is 0 Å². The summed E-state index contributed by atoms with van der Waals surface area (Å²) in [7, 11) is -2.86. The van der Waals surface area contributed by atoms with Gasteiger partial charge in [-0.2, -0.15) is 12.7 Å². The van der Waals surface area contributed by atoms with Crippen LogP contribution in [0.2, 0.25) is 0 Å². The van der Waals surface area contributed by atoms with Gasteiger partial charge in [-0.3, -0.25) is 4.79 Å². The van der Waals surface area contributed by atoms with Gasteiger partial charge in [0.25, 0.3) is 0 Å². The summed E-state index contributed by atoms with van der Waals surface area (Å²) in [6.07, 6.45) is 2.28. The van der Waals surface area contributed by atoms with E-state index in [9.17, 15) is 18.0 Å². The second-order valence-corrected chi connectivity index (χ2v) is 6.24. The molecule has 1 N–H and O–H groups in total. The molecule has 1 aliphatic heterocycles. The lowest BCUT2D eigenvalue weighted by Crippen LogP contribution is -2.48. The normalized spacial score (nSPS) is 21.5. The standard InChI is InChI=1S/C11H20N2O5S/c1-9(14)8-10-6-4-3-5-7-13(10)19(16,17)12-11(15)18-2/h10H,3-8H2,1-2H3,(H,12,15). The number of hydrogen-bond donors (Lipinski definition) is 1. The van der Waals surface area contributed by atoms with Crippen LogP contribution in [-0.4, -0.2) is 44.3 Å². The predicted octanol–water partition coefficient (Wildman–Crippen LogP) is 0.811. The van der Waals surface area contributed by atoms with E-state index < -0.39 is 16.3 Å². The van der Waals surface area contributed by atoms with Gasteiger partial charge in [0.2, 0.25) is 0 Å². The van der Waals surface area contributed by atoms with Gasteiger partial charge in [0.05, 0.1) is 7.11 Å². The molecule has 0 radical (unpaired) electrons. The number of carbonyl (C=O) groups excluding carboxylic acids is 2. The number of rotatable bonds is 4. The van der Waals surface area contributed by atoms with Crippen LogP contribution in [0.1, 0.15) is 39.0 Å². The number of nitrogens with zero attached hydrogens (tertiary/aromatic N) is 1. The fourth-order valence-corrected chi connectivity index (χ4v) is 3.56. The maximum Gasteiger partial charge on any atom is 0.421 e. The van der Waals surface area contributed by atoms with Crippen molar-refractivity contribution >= 4 is 22.1 Å². The molecule has 1 atom stereocenters. The summed E-state index contributed by atoms with van der Waals surface area (Å²) < 4.78 is 31.5. The summed E-state index contributed by atoms with van der Waals surface area (Å²) in [5, 5.41) is 0. The summed E-state index contributed by atoms with van der Waals surface area (Å²) in [5.74, 6) is -0.0647. The van der Waals surface area contributed by atoms with Gasteiger partial charge in [-0.1, -0.05) is 12.8 Å². The Morgan fingerprint density at radius 2 is 2.00 bits per heavy atom. The highest BCUT2D eigenvalue weighted by molar-refractivity contribution is 7.87. The number of nitrogens with one attached hydrogen (secondary N) is 1. The van der Waals surface area contributed by atoms with E-state index >= 15 is 0 Å². The Bertz CT molecular complexity index is 434. The van der Waals surface area contributed by atoms with E-state index in [-0.39, 0.29) is 18.2 Å². The van der Waals surface area contributed by atoms with Crippen molar-refractivity contribution in [1.29, 1.82) is 0 Å². The maximum absolute atomic E-state index is 12.1. The van der Waals surface area contributed by atoms with Crippen molar-refractivity contribution in [3.63, 3.8) is 0 Å². The molecule has 0 bridgehead atoms. The molecular weight excluding hydrogens is 272 g/mol. The van der Waals surface area contributed by atoms with E-state index in [1.807, 2.05) is 4.72 Å². The number of carbonyl (C=O) groups is 2. The lowest BCUT2D eigenvalue weighted by atomic mass is 10.1. The van der Waals surface area contributed by atoms with Crippen LogP contribution in [0.3, 0.4) is 0 Å². The molecule has 0 aromatic carbocycles. The van der Waals surface area contributed by atoms with E-state index in [0.717, 1.165) is 26.4 Å². The molecule has 8 heteroatoms. The summed E-state index contributed by atoms with van der Waals surface area (Å²) >= 11 is 0. The Balaban J connectivity index is 2.89. The first kappa shape index (κ1) is 15.9. The Morgan fingerprint density at radius 3 is 2.58 bits per heavy atom. The minimum Gasteiger partial charge on any atom is -0.452 e. The number of hydrogen-bond acceptors (Lipinski definition) is 5. The van der Waals surface area contributed by atoms with Gasteiger partial charge < -0.3 is 4.74 Å². The van der Waals surface area contributed by atoms with Crippen LogP contribution >= 0.6 is 0 Å². The maximum atomic E-state index is 12.1. The van der Waals surface area contributed by atoms with Crippen molar-refractivity contribution in [2.24, 2.45) is 0 Å². The number of ether oxygens (including phenoxy) is 1. The van der Waals surface area contributed by atoms with E-state index in [0.29, 0.717) is 13.0 Å². The summed E-state index contributed by atoms with van der Waals surface area (Å²) in [4.78, 5) is 22.3. The fraction of sp³-hybridized carbons (Fsp3) is 0.818. The zero-order chi connectivity index (χ0) is 14.5. The second kappa shape index (κ2) is 6.85. The molecule has 1 unspecified atom stereocenters. The highest BCUT2D eigenvalue weighted by atomic mass is 32.2. The number of methoxy groups -OCH3 is 1. The number of Topliss-reactive ketones (excluding diaryl/α,β-unsaturated/α-hetero) is 1. The molecule has 1 saturated heterocycles. The highest BCUT2D eigenvalue weighted by Gasteiger charge is 2.33. The molecule has 0 spiro atoms. The van der Waals surface area contributed by atoms with Crippen LogP contribution in [-0.2, 0) is 19.7 Å². The van der Waals surface area contributed by atoms with Crippen molar-refractivity contribution in [3.05, 3.63) is 0 Å². The average molecular weight is 292 g/mol. The summed E-state index contributed by atoms with van der Waals surface area (Å²) in [6.45, 7) is 1.74. The fourth-order valence-electron chi connectivity index (χ4n) is 2.21. The average Bonchev–Trinajstić information content (AvgIpc) is 2.53. The van der Waals surface area contributed by atoms with Crippen molar-refractivity contribution in [3.8, 4) is 0 Å². The first-order valence-corrected chi connectivity index (χ1v) is 7.68. The monoisotopic (exact) mass is 292 g/mol. The van der Waals surface area contributed by atoms with Crippen LogP contribution in [0.25, 0.3) is 0 Å². The smallest absolute Gasteiger partial charge is 0.421 e. The zero-order valence-electron chi connectivity index (χ0n) is 11.2. The van der Waals surface area contributed by atoms with E-state index in [2.05, 4.69) is 4.74 Å². The molecule has 1 rings (SSSR count).